The third kappa shape index (κ3) is 5.11. The second kappa shape index (κ2) is 9.63. The lowest BCUT2D eigenvalue weighted by molar-refractivity contribution is -0.124. The van der Waals surface area contributed by atoms with Crippen molar-refractivity contribution in [2.24, 2.45) is 0 Å². The fourth-order valence-corrected chi connectivity index (χ4v) is 3.12. The Morgan fingerprint density at radius 2 is 1.52 bits per heavy atom. The SMILES string of the molecule is O=C(COC(=O)c1oc2ccccc2c1COc1ccccc1)NCc1ccccc1. The van der Waals surface area contributed by atoms with Crippen LogP contribution >= 0.6 is 0 Å². The van der Waals surface area contributed by atoms with Crippen LogP contribution in [0.4, 0.5) is 0 Å². The molecule has 0 radical (unpaired) electrons. The van der Waals surface area contributed by atoms with E-state index in [2.05, 4.69) is 5.32 Å². The van der Waals surface area contributed by atoms with Crippen LogP contribution < -0.4 is 10.1 Å². The number of carbonyl (C=O) groups is 2. The summed E-state index contributed by atoms with van der Waals surface area (Å²) in [7, 11) is 0. The van der Waals surface area contributed by atoms with E-state index in [4.69, 9.17) is 13.9 Å². The number of furan rings is 1. The first-order valence-corrected chi connectivity index (χ1v) is 9.87. The van der Waals surface area contributed by atoms with Crippen molar-refractivity contribution in [2.75, 3.05) is 6.61 Å². The van der Waals surface area contributed by atoms with Gasteiger partial charge in [-0.05, 0) is 23.8 Å². The second-order valence-corrected chi connectivity index (χ2v) is 6.85. The predicted molar refractivity (Wildman–Crippen MR) is 116 cm³/mol. The van der Waals surface area contributed by atoms with Crippen molar-refractivity contribution in [3.05, 3.63) is 102 Å². The van der Waals surface area contributed by atoms with E-state index in [-0.39, 0.29) is 12.4 Å². The van der Waals surface area contributed by atoms with E-state index < -0.39 is 18.5 Å². The van der Waals surface area contributed by atoms with Gasteiger partial charge in [0.15, 0.2) is 6.61 Å². The molecule has 1 heterocycles. The molecule has 0 bridgehead atoms. The smallest absolute Gasteiger partial charge is 0.375 e. The summed E-state index contributed by atoms with van der Waals surface area (Å²) < 4.78 is 16.7. The van der Waals surface area contributed by atoms with E-state index in [1.807, 2.05) is 78.9 Å². The monoisotopic (exact) mass is 415 g/mol. The molecular formula is C25H21NO5. The molecule has 0 fully saturated rings. The highest BCUT2D eigenvalue weighted by molar-refractivity contribution is 5.96. The number of hydrogen-bond acceptors (Lipinski definition) is 5. The van der Waals surface area contributed by atoms with E-state index in [1.165, 1.54) is 0 Å². The van der Waals surface area contributed by atoms with Crippen molar-refractivity contribution in [1.82, 2.24) is 5.32 Å². The van der Waals surface area contributed by atoms with Gasteiger partial charge in [-0.25, -0.2) is 4.79 Å². The first kappa shape index (κ1) is 20.2. The summed E-state index contributed by atoms with van der Waals surface area (Å²) in [5.74, 6) is -0.395. The number of amides is 1. The standard InChI is InChI=1S/C25H21NO5/c27-23(26-15-18-9-3-1-4-10-18)17-30-25(28)24-21(16-29-19-11-5-2-6-12-19)20-13-7-8-14-22(20)31-24/h1-14H,15-17H2,(H,26,27). The van der Waals surface area contributed by atoms with E-state index in [0.29, 0.717) is 23.4 Å². The van der Waals surface area contributed by atoms with Crippen molar-refractivity contribution in [3.63, 3.8) is 0 Å². The molecule has 0 spiro atoms. The van der Waals surface area contributed by atoms with Gasteiger partial charge in [0, 0.05) is 11.9 Å². The van der Waals surface area contributed by atoms with Gasteiger partial charge in [-0.15, -0.1) is 0 Å². The fraction of sp³-hybridized carbons (Fsp3) is 0.120. The Hall–Kier alpha value is -4.06. The zero-order valence-electron chi connectivity index (χ0n) is 16.7. The highest BCUT2D eigenvalue weighted by Gasteiger charge is 2.23. The average Bonchev–Trinajstić information content (AvgIpc) is 3.20. The molecule has 4 aromatic rings. The van der Waals surface area contributed by atoms with Crippen LogP contribution in [0.15, 0.2) is 89.3 Å². The lowest BCUT2D eigenvalue weighted by Gasteiger charge is -2.08. The maximum absolute atomic E-state index is 12.7. The van der Waals surface area contributed by atoms with Gasteiger partial charge >= 0.3 is 5.97 Å². The number of para-hydroxylation sites is 2. The summed E-state index contributed by atoms with van der Waals surface area (Å²) >= 11 is 0. The van der Waals surface area contributed by atoms with Crippen LogP contribution in [0.5, 0.6) is 5.75 Å². The molecular weight excluding hydrogens is 394 g/mol. The van der Waals surface area contributed by atoms with Crippen LogP contribution in [-0.4, -0.2) is 18.5 Å². The molecule has 1 amide bonds. The number of esters is 1. The Balaban J connectivity index is 1.42. The van der Waals surface area contributed by atoms with Gasteiger partial charge in [-0.3, -0.25) is 4.79 Å². The number of ether oxygens (including phenoxy) is 2. The summed E-state index contributed by atoms with van der Waals surface area (Å²) in [5, 5.41) is 3.49. The minimum Gasteiger partial charge on any atom is -0.489 e. The van der Waals surface area contributed by atoms with Crippen molar-refractivity contribution < 1.29 is 23.5 Å². The summed E-state index contributed by atoms with van der Waals surface area (Å²) in [6.07, 6.45) is 0. The topological polar surface area (TPSA) is 77.8 Å². The molecule has 3 aromatic carbocycles. The number of benzene rings is 3. The normalized spacial score (nSPS) is 10.6. The van der Waals surface area contributed by atoms with Crippen molar-refractivity contribution in [2.45, 2.75) is 13.2 Å². The minimum absolute atomic E-state index is 0.0352. The molecule has 6 nitrogen and oxygen atoms in total. The number of rotatable bonds is 8. The Morgan fingerprint density at radius 1 is 0.839 bits per heavy atom. The Labute approximate surface area is 179 Å². The molecule has 0 aliphatic heterocycles. The van der Waals surface area contributed by atoms with Gasteiger partial charge in [0.25, 0.3) is 5.91 Å². The molecule has 0 aliphatic rings. The molecule has 1 N–H and O–H groups in total. The molecule has 156 valence electrons. The van der Waals surface area contributed by atoms with Crippen LogP contribution in [-0.2, 0) is 22.7 Å². The van der Waals surface area contributed by atoms with Crippen LogP contribution in [0.2, 0.25) is 0 Å². The summed E-state index contributed by atoms with van der Waals surface area (Å²) in [6.45, 7) is 0.0887. The molecule has 0 saturated carbocycles. The van der Waals surface area contributed by atoms with Crippen molar-refractivity contribution in [3.8, 4) is 5.75 Å². The molecule has 4 rings (SSSR count). The summed E-state index contributed by atoms with van der Waals surface area (Å²) in [6, 6.07) is 26.1. The zero-order valence-corrected chi connectivity index (χ0v) is 16.7. The quantitative estimate of drug-likeness (QED) is 0.429. The van der Waals surface area contributed by atoms with Crippen LogP contribution in [0, 0.1) is 0 Å². The summed E-state index contributed by atoms with van der Waals surface area (Å²) in [4.78, 5) is 24.7. The van der Waals surface area contributed by atoms with Gasteiger partial charge in [0.1, 0.15) is 17.9 Å². The summed E-state index contributed by atoms with van der Waals surface area (Å²) in [5.41, 5.74) is 2.09. The highest BCUT2D eigenvalue weighted by Crippen LogP contribution is 2.28. The molecule has 0 aliphatic carbocycles. The van der Waals surface area contributed by atoms with Crippen LogP contribution in [0.25, 0.3) is 11.0 Å². The highest BCUT2D eigenvalue weighted by atomic mass is 16.5. The van der Waals surface area contributed by atoms with Gasteiger partial charge in [-0.2, -0.15) is 0 Å². The predicted octanol–water partition coefficient (Wildman–Crippen LogP) is 4.49. The molecule has 6 heteroatoms. The van der Waals surface area contributed by atoms with E-state index >= 15 is 0 Å². The van der Waals surface area contributed by atoms with Gasteiger partial charge in [-0.1, -0.05) is 66.7 Å². The van der Waals surface area contributed by atoms with Crippen molar-refractivity contribution in [1.29, 1.82) is 0 Å². The number of fused-ring (bicyclic) bond motifs is 1. The first-order chi connectivity index (χ1) is 15.2. The lowest BCUT2D eigenvalue weighted by Crippen LogP contribution is -2.28. The fourth-order valence-electron chi connectivity index (χ4n) is 3.12. The van der Waals surface area contributed by atoms with Crippen molar-refractivity contribution >= 4 is 22.8 Å². The number of nitrogens with one attached hydrogen (secondary N) is 1. The maximum atomic E-state index is 12.7. The van der Waals surface area contributed by atoms with Gasteiger partial charge < -0.3 is 19.2 Å². The molecule has 1 aromatic heterocycles. The number of hydrogen-bond donors (Lipinski definition) is 1. The number of carbonyl (C=O) groups excluding carboxylic acids is 2. The third-order valence-corrected chi connectivity index (χ3v) is 4.68. The van der Waals surface area contributed by atoms with E-state index in [0.717, 1.165) is 10.9 Å². The zero-order chi connectivity index (χ0) is 21.5. The second-order valence-electron chi connectivity index (χ2n) is 6.85. The Bertz CT molecular complexity index is 1170. The largest absolute Gasteiger partial charge is 0.489 e. The van der Waals surface area contributed by atoms with Gasteiger partial charge in [0.05, 0.1) is 5.56 Å². The molecule has 0 unspecified atom stereocenters. The van der Waals surface area contributed by atoms with Gasteiger partial charge in [0.2, 0.25) is 5.76 Å². The minimum atomic E-state index is -0.710. The van der Waals surface area contributed by atoms with E-state index in [9.17, 15) is 9.59 Å². The Kier molecular flexibility index (Phi) is 6.28. The van der Waals surface area contributed by atoms with E-state index in [1.54, 1.807) is 6.07 Å². The molecule has 31 heavy (non-hydrogen) atoms. The first-order valence-electron chi connectivity index (χ1n) is 9.87. The Morgan fingerprint density at radius 3 is 2.29 bits per heavy atom. The van der Waals surface area contributed by atoms with Crippen LogP contribution in [0.1, 0.15) is 21.7 Å². The van der Waals surface area contributed by atoms with Crippen LogP contribution in [0.3, 0.4) is 0 Å². The molecule has 0 saturated heterocycles. The molecule has 0 atom stereocenters. The average molecular weight is 415 g/mol. The lowest BCUT2D eigenvalue weighted by atomic mass is 10.1. The third-order valence-electron chi connectivity index (χ3n) is 4.68. The maximum Gasteiger partial charge on any atom is 0.375 e.